The van der Waals surface area contributed by atoms with Gasteiger partial charge in [0, 0.05) is 24.9 Å². The number of carbonyl (C=O) groups excluding carboxylic acids is 1. The maximum absolute atomic E-state index is 12.8. The second-order valence-corrected chi connectivity index (χ2v) is 7.83. The van der Waals surface area contributed by atoms with Crippen molar-refractivity contribution in [2.75, 3.05) is 0 Å². The number of hydrogen-bond acceptors (Lipinski definition) is 6. The Labute approximate surface area is 156 Å². The second-order valence-electron chi connectivity index (χ2n) is 7.83. The monoisotopic (exact) mass is 372 g/mol. The van der Waals surface area contributed by atoms with E-state index in [4.69, 9.17) is 5.73 Å². The van der Waals surface area contributed by atoms with Crippen LogP contribution in [0.2, 0.25) is 0 Å². The molecular formula is C18H24N6O3. The first-order valence-electron chi connectivity index (χ1n) is 8.78. The first-order chi connectivity index (χ1) is 12.7. The van der Waals surface area contributed by atoms with E-state index in [0.717, 1.165) is 17.4 Å². The molecule has 1 amide bonds. The number of hydrogen-bond donors (Lipinski definition) is 3. The predicted molar refractivity (Wildman–Crippen MR) is 103 cm³/mol. The molecule has 9 nitrogen and oxygen atoms in total. The maximum Gasteiger partial charge on any atom is 0.291 e. The number of aromatic nitrogens is 3. The number of aliphatic imine (C=N–C) groups is 1. The van der Waals surface area contributed by atoms with Crippen LogP contribution >= 0.6 is 0 Å². The molecule has 1 aliphatic rings. The van der Waals surface area contributed by atoms with Gasteiger partial charge in [0.2, 0.25) is 5.88 Å². The van der Waals surface area contributed by atoms with Crippen LogP contribution in [0.25, 0.3) is 5.65 Å². The van der Waals surface area contributed by atoms with Crippen LogP contribution in [0.5, 0.6) is 5.88 Å². The van der Waals surface area contributed by atoms with Crippen molar-refractivity contribution < 1.29 is 9.90 Å². The summed E-state index contributed by atoms with van der Waals surface area (Å²) in [4.78, 5) is 29.5. The molecule has 1 fully saturated rings. The molecule has 0 spiro atoms. The number of allylic oxidation sites excluding steroid dienone is 1. The van der Waals surface area contributed by atoms with Gasteiger partial charge in [-0.05, 0) is 30.5 Å². The molecule has 0 aromatic carbocycles. The lowest BCUT2D eigenvalue weighted by Gasteiger charge is -2.23. The number of carbonyl (C=O) groups is 1. The van der Waals surface area contributed by atoms with Crippen molar-refractivity contribution >= 4 is 23.6 Å². The number of amides is 1. The van der Waals surface area contributed by atoms with Crippen molar-refractivity contribution in [1.82, 2.24) is 19.5 Å². The molecule has 1 saturated carbocycles. The first-order valence-corrected chi connectivity index (χ1v) is 8.78. The molecular weight excluding hydrogens is 348 g/mol. The highest BCUT2D eigenvalue weighted by molar-refractivity contribution is 5.96. The lowest BCUT2D eigenvalue weighted by Crippen LogP contribution is -2.35. The fourth-order valence-corrected chi connectivity index (χ4v) is 2.69. The highest BCUT2D eigenvalue weighted by Crippen LogP contribution is 2.27. The molecule has 9 heteroatoms. The molecule has 27 heavy (non-hydrogen) atoms. The van der Waals surface area contributed by atoms with Crippen LogP contribution in [0.1, 0.15) is 44.0 Å². The SMILES string of the molecule is CC(C)(C)Cn1c(O)c(C(=O)NC2CC2)c(=O)n2nc(N=CC=CN)cc12. The van der Waals surface area contributed by atoms with Crippen molar-refractivity contribution in [3.05, 3.63) is 34.3 Å². The standard InChI is InChI=1S/C18H24N6O3/c1-18(2,3)10-23-13-9-12(20-8-4-7-19)22-24(13)17(27)14(16(23)26)15(25)21-11-5-6-11/h4,7-9,11,26H,5-6,10,19H2,1-3H3,(H,21,25). The zero-order valence-electron chi connectivity index (χ0n) is 15.6. The van der Waals surface area contributed by atoms with Gasteiger partial charge in [-0.2, -0.15) is 4.52 Å². The Morgan fingerprint density at radius 1 is 1.48 bits per heavy atom. The first kappa shape index (κ1) is 18.7. The normalized spacial score (nSPS) is 15.2. The van der Waals surface area contributed by atoms with Crippen LogP contribution in [-0.2, 0) is 6.54 Å². The fraction of sp³-hybridized carbons (Fsp3) is 0.444. The maximum atomic E-state index is 12.8. The molecule has 0 atom stereocenters. The Balaban J connectivity index is 2.20. The molecule has 0 bridgehead atoms. The van der Waals surface area contributed by atoms with Crippen LogP contribution in [0, 0.1) is 5.41 Å². The van der Waals surface area contributed by atoms with Crippen LogP contribution in [0.3, 0.4) is 0 Å². The van der Waals surface area contributed by atoms with E-state index in [9.17, 15) is 14.7 Å². The number of fused-ring (bicyclic) bond motifs is 1. The van der Waals surface area contributed by atoms with E-state index >= 15 is 0 Å². The van der Waals surface area contributed by atoms with E-state index in [1.807, 2.05) is 20.8 Å². The largest absolute Gasteiger partial charge is 0.494 e. The molecule has 2 aromatic heterocycles. The van der Waals surface area contributed by atoms with Crippen molar-refractivity contribution in [3.63, 3.8) is 0 Å². The minimum Gasteiger partial charge on any atom is -0.494 e. The average molecular weight is 372 g/mol. The highest BCUT2D eigenvalue weighted by atomic mass is 16.3. The van der Waals surface area contributed by atoms with Gasteiger partial charge in [-0.1, -0.05) is 20.8 Å². The third-order valence-corrected chi connectivity index (χ3v) is 4.02. The Morgan fingerprint density at radius 2 is 2.19 bits per heavy atom. The van der Waals surface area contributed by atoms with Gasteiger partial charge in [0.25, 0.3) is 11.5 Å². The summed E-state index contributed by atoms with van der Waals surface area (Å²) in [5, 5.41) is 17.7. The summed E-state index contributed by atoms with van der Waals surface area (Å²) >= 11 is 0. The van der Waals surface area contributed by atoms with Crippen molar-refractivity contribution in [2.24, 2.45) is 16.1 Å². The number of nitrogens with zero attached hydrogens (tertiary/aromatic N) is 4. The van der Waals surface area contributed by atoms with E-state index in [-0.39, 0.29) is 28.7 Å². The van der Waals surface area contributed by atoms with Crippen molar-refractivity contribution in [1.29, 1.82) is 0 Å². The van der Waals surface area contributed by atoms with Gasteiger partial charge >= 0.3 is 0 Å². The lowest BCUT2D eigenvalue weighted by atomic mass is 9.96. The summed E-state index contributed by atoms with van der Waals surface area (Å²) in [5.41, 5.74) is 4.43. The molecule has 144 valence electrons. The molecule has 4 N–H and O–H groups in total. The van der Waals surface area contributed by atoms with E-state index in [2.05, 4.69) is 15.4 Å². The fourth-order valence-electron chi connectivity index (χ4n) is 2.69. The van der Waals surface area contributed by atoms with Gasteiger partial charge in [-0.15, -0.1) is 5.10 Å². The highest BCUT2D eigenvalue weighted by Gasteiger charge is 2.30. The summed E-state index contributed by atoms with van der Waals surface area (Å²) < 4.78 is 2.63. The Hall–Kier alpha value is -3.10. The molecule has 1 aliphatic carbocycles. The van der Waals surface area contributed by atoms with Gasteiger partial charge in [0.1, 0.15) is 5.65 Å². The summed E-state index contributed by atoms with van der Waals surface area (Å²) in [6, 6.07) is 1.64. The molecule has 0 aliphatic heterocycles. The van der Waals surface area contributed by atoms with E-state index < -0.39 is 11.5 Å². The van der Waals surface area contributed by atoms with E-state index in [1.165, 1.54) is 23.1 Å². The van der Waals surface area contributed by atoms with Gasteiger partial charge in [-0.25, -0.2) is 4.99 Å². The topological polar surface area (TPSA) is 127 Å². The molecule has 3 rings (SSSR count). The second kappa shape index (κ2) is 6.90. The van der Waals surface area contributed by atoms with Gasteiger partial charge in [0.15, 0.2) is 11.4 Å². The molecule has 0 radical (unpaired) electrons. The quantitative estimate of drug-likeness (QED) is 0.682. The number of nitrogens with one attached hydrogen (secondary N) is 1. The van der Waals surface area contributed by atoms with E-state index in [0.29, 0.717) is 12.2 Å². The lowest BCUT2D eigenvalue weighted by molar-refractivity contribution is 0.0944. The average Bonchev–Trinajstić information content (AvgIpc) is 3.27. The zero-order chi connectivity index (χ0) is 19.8. The van der Waals surface area contributed by atoms with Gasteiger partial charge < -0.3 is 16.2 Å². The molecule has 2 heterocycles. The minimum absolute atomic E-state index is 0.0592. The summed E-state index contributed by atoms with van der Waals surface area (Å²) in [6.45, 7) is 6.36. The Bertz CT molecular complexity index is 989. The van der Waals surface area contributed by atoms with Gasteiger partial charge in [-0.3, -0.25) is 14.2 Å². The predicted octanol–water partition coefficient (Wildman–Crippen LogP) is 1.31. The molecule has 2 aromatic rings. The third-order valence-electron chi connectivity index (χ3n) is 4.02. The van der Waals surface area contributed by atoms with Crippen LogP contribution in [0.15, 0.2) is 28.1 Å². The number of nitrogens with two attached hydrogens (primary N) is 1. The minimum atomic E-state index is -0.679. The third kappa shape index (κ3) is 4.02. The van der Waals surface area contributed by atoms with Crippen molar-refractivity contribution in [2.45, 2.75) is 46.2 Å². The number of aromatic hydroxyl groups is 1. The Kier molecular flexibility index (Phi) is 4.77. The molecule has 0 saturated heterocycles. The zero-order valence-corrected chi connectivity index (χ0v) is 15.6. The van der Waals surface area contributed by atoms with Gasteiger partial charge in [0.05, 0.1) is 0 Å². The molecule has 0 unspecified atom stereocenters. The van der Waals surface area contributed by atoms with E-state index in [1.54, 1.807) is 6.07 Å². The summed E-state index contributed by atoms with van der Waals surface area (Å²) in [6.07, 6.45) is 6.04. The van der Waals surface area contributed by atoms with Crippen LogP contribution < -0.4 is 16.6 Å². The Morgan fingerprint density at radius 3 is 2.78 bits per heavy atom. The van der Waals surface area contributed by atoms with Crippen LogP contribution in [0.4, 0.5) is 5.82 Å². The number of rotatable bonds is 5. The summed E-state index contributed by atoms with van der Waals surface area (Å²) in [7, 11) is 0. The smallest absolute Gasteiger partial charge is 0.291 e. The van der Waals surface area contributed by atoms with Crippen molar-refractivity contribution in [3.8, 4) is 5.88 Å². The van der Waals surface area contributed by atoms with Crippen LogP contribution in [-0.4, -0.2) is 37.5 Å². The summed E-state index contributed by atoms with van der Waals surface area (Å²) in [5.74, 6) is -0.680.